The van der Waals surface area contributed by atoms with Crippen molar-refractivity contribution < 1.29 is 13.9 Å². The molecule has 0 saturated carbocycles. The summed E-state index contributed by atoms with van der Waals surface area (Å²) in [5.41, 5.74) is 1.43. The van der Waals surface area contributed by atoms with E-state index in [9.17, 15) is 9.18 Å². The van der Waals surface area contributed by atoms with Gasteiger partial charge < -0.3 is 14.6 Å². The van der Waals surface area contributed by atoms with E-state index in [2.05, 4.69) is 9.97 Å². The number of carbonyl (C=O) groups excluding carboxylic acids is 1. The third kappa shape index (κ3) is 2.28. The number of H-pyrrole nitrogens is 1. The summed E-state index contributed by atoms with van der Waals surface area (Å²) in [5.74, 6) is 0.332. The van der Waals surface area contributed by atoms with Crippen LogP contribution in [0.3, 0.4) is 0 Å². The van der Waals surface area contributed by atoms with Gasteiger partial charge >= 0.3 is 0 Å². The Labute approximate surface area is 131 Å². The zero-order valence-electron chi connectivity index (χ0n) is 11.9. The summed E-state index contributed by atoms with van der Waals surface area (Å²) in [5, 5.41) is 0.315. The number of amides is 1. The zero-order valence-corrected chi connectivity index (χ0v) is 12.7. The number of hydrogen-bond donors (Lipinski definition) is 1. The summed E-state index contributed by atoms with van der Waals surface area (Å²) in [4.78, 5) is 21.9. The van der Waals surface area contributed by atoms with Gasteiger partial charge in [-0.3, -0.25) is 4.79 Å². The molecular weight excluding hydrogens is 305 g/mol. The Bertz CT molecular complexity index is 718. The molecule has 2 aliphatic heterocycles. The van der Waals surface area contributed by atoms with E-state index in [0.29, 0.717) is 41.6 Å². The fraction of sp³-hybridized carbons (Fsp3) is 0.467. The van der Waals surface area contributed by atoms with Crippen LogP contribution in [0, 0.1) is 5.82 Å². The molecule has 116 valence electrons. The Morgan fingerprint density at radius 2 is 2.41 bits per heavy atom. The Balaban J connectivity index is 1.71. The third-order valence-electron chi connectivity index (χ3n) is 4.31. The maximum atomic E-state index is 13.8. The molecule has 1 aromatic carbocycles. The minimum atomic E-state index is -0.421. The van der Waals surface area contributed by atoms with Crippen LogP contribution in [0.2, 0.25) is 0 Å². The fourth-order valence-corrected chi connectivity index (χ4v) is 4.57. The molecule has 3 heterocycles. The van der Waals surface area contributed by atoms with Gasteiger partial charge in [0.2, 0.25) is 0 Å². The van der Waals surface area contributed by atoms with Crippen LogP contribution in [-0.2, 0) is 4.74 Å². The second-order valence-electron chi connectivity index (χ2n) is 5.59. The molecule has 1 amide bonds. The van der Waals surface area contributed by atoms with Crippen molar-refractivity contribution in [1.29, 1.82) is 0 Å². The van der Waals surface area contributed by atoms with Gasteiger partial charge in [-0.05, 0) is 18.6 Å². The summed E-state index contributed by atoms with van der Waals surface area (Å²) < 4.78 is 19.3. The number of fused-ring (bicyclic) bond motifs is 2. The molecule has 2 aliphatic rings. The van der Waals surface area contributed by atoms with E-state index in [-0.39, 0.29) is 11.9 Å². The molecule has 2 saturated heterocycles. The maximum Gasteiger partial charge on any atom is 0.256 e. The van der Waals surface area contributed by atoms with E-state index >= 15 is 0 Å². The normalized spacial score (nSPS) is 25.2. The minimum absolute atomic E-state index is 0.131. The van der Waals surface area contributed by atoms with E-state index in [1.165, 1.54) is 18.5 Å². The predicted octanol–water partition coefficient (Wildman–Crippen LogP) is 2.05. The van der Waals surface area contributed by atoms with Crippen LogP contribution in [0.4, 0.5) is 4.39 Å². The lowest BCUT2D eigenvalue weighted by Gasteiger charge is -2.43. The highest BCUT2D eigenvalue weighted by atomic mass is 32.2. The number of aromatic amines is 1. The molecule has 7 heteroatoms. The largest absolute Gasteiger partial charge is 0.380 e. The van der Waals surface area contributed by atoms with Crippen molar-refractivity contribution in [2.75, 3.05) is 25.5 Å². The first kappa shape index (κ1) is 14.0. The van der Waals surface area contributed by atoms with Crippen molar-refractivity contribution in [2.45, 2.75) is 17.7 Å². The Morgan fingerprint density at radius 1 is 1.50 bits per heavy atom. The van der Waals surface area contributed by atoms with Gasteiger partial charge in [-0.15, -0.1) is 0 Å². The molecule has 0 bridgehead atoms. The van der Waals surface area contributed by atoms with Crippen molar-refractivity contribution in [3.8, 4) is 0 Å². The molecule has 1 N–H and O–H groups in total. The van der Waals surface area contributed by atoms with Crippen LogP contribution >= 0.6 is 11.8 Å². The minimum Gasteiger partial charge on any atom is -0.380 e. The highest BCUT2D eigenvalue weighted by molar-refractivity contribution is 8.00. The second kappa shape index (κ2) is 5.55. The topological polar surface area (TPSA) is 58.2 Å². The second-order valence-corrected chi connectivity index (χ2v) is 6.94. The van der Waals surface area contributed by atoms with E-state index < -0.39 is 5.82 Å². The van der Waals surface area contributed by atoms with Crippen molar-refractivity contribution in [3.63, 3.8) is 0 Å². The first-order chi connectivity index (χ1) is 10.7. The van der Waals surface area contributed by atoms with E-state index in [1.807, 2.05) is 16.7 Å². The molecule has 2 aromatic rings. The Hall–Kier alpha value is -1.60. The first-order valence-corrected chi connectivity index (χ1v) is 8.42. The number of nitrogens with one attached hydrogen (secondary N) is 1. The number of aromatic nitrogens is 2. The summed E-state index contributed by atoms with van der Waals surface area (Å²) in [7, 11) is 0. The van der Waals surface area contributed by atoms with Gasteiger partial charge in [-0.2, -0.15) is 11.8 Å². The number of rotatable bonds is 1. The van der Waals surface area contributed by atoms with Gasteiger partial charge in [0.05, 0.1) is 24.0 Å². The van der Waals surface area contributed by atoms with Crippen molar-refractivity contribution >= 4 is 28.7 Å². The van der Waals surface area contributed by atoms with E-state index in [4.69, 9.17) is 4.74 Å². The molecule has 4 rings (SSSR count). The summed E-state index contributed by atoms with van der Waals surface area (Å²) in [6.45, 7) is 2.04. The number of benzene rings is 1. The molecular formula is C15H16FN3O2S. The van der Waals surface area contributed by atoms with Gasteiger partial charge in [0.25, 0.3) is 5.91 Å². The molecule has 5 nitrogen and oxygen atoms in total. The number of carbonyl (C=O) groups is 1. The average molecular weight is 321 g/mol. The van der Waals surface area contributed by atoms with E-state index in [0.717, 1.165) is 12.2 Å². The standard InChI is InChI=1S/C15H16FN3O2S/c16-9-5-10(14-11(6-9)17-8-18-14)15(20)19-2-4-22-13-7-21-3-1-12(13)19/h5-6,8,12-13H,1-4,7H2,(H,17,18)/t12-,13+/m1/s1. The van der Waals surface area contributed by atoms with Gasteiger partial charge in [-0.1, -0.05) is 0 Å². The van der Waals surface area contributed by atoms with E-state index in [1.54, 1.807) is 0 Å². The van der Waals surface area contributed by atoms with Gasteiger partial charge in [0.1, 0.15) is 11.3 Å². The number of imidazole rings is 1. The summed E-state index contributed by atoms with van der Waals surface area (Å²) in [6.07, 6.45) is 2.33. The summed E-state index contributed by atoms with van der Waals surface area (Å²) in [6, 6.07) is 2.82. The van der Waals surface area contributed by atoms with Crippen molar-refractivity contribution in [1.82, 2.24) is 14.9 Å². The van der Waals surface area contributed by atoms with Gasteiger partial charge in [-0.25, -0.2) is 9.37 Å². The van der Waals surface area contributed by atoms with Crippen LogP contribution < -0.4 is 0 Å². The maximum absolute atomic E-state index is 13.8. The smallest absolute Gasteiger partial charge is 0.256 e. The molecule has 0 spiro atoms. The SMILES string of the molecule is O=C(c1cc(F)cc2[nH]cnc12)N1CCS[C@H]2COCC[C@H]21. The molecule has 2 fully saturated rings. The predicted molar refractivity (Wildman–Crippen MR) is 82.6 cm³/mol. The molecule has 2 atom stereocenters. The molecule has 22 heavy (non-hydrogen) atoms. The fourth-order valence-electron chi connectivity index (χ4n) is 3.27. The van der Waals surface area contributed by atoms with Crippen molar-refractivity contribution in [3.05, 3.63) is 29.8 Å². The van der Waals surface area contributed by atoms with Crippen molar-refractivity contribution in [2.24, 2.45) is 0 Å². The van der Waals surface area contributed by atoms with Gasteiger partial charge in [0.15, 0.2) is 0 Å². The highest BCUT2D eigenvalue weighted by Crippen LogP contribution is 2.32. The number of halogens is 1. The monoisotopic (exact) mass is 321 g/mol. The number of ether oxygens (including phenoxy) is 1. The quantitative estimate of drug-likeness (QED) is 0.873. The molecule has 0 aliphatic carbocycles. The number of nitrogens with zero attached hydrogens (tertiary/aromatic N) is 2. The van der Waals surface area contributed by atoms with Crippen LogP contribution in [0.15, 0.2) is 18.5 Å². The van der Waals surface area contributed by atoms with Crippen LogP contribution in [-0.4, -0.2) is 57.6 Å². The first-order valence-electron chi connectivity index (χ1n) is 7.37. The zero-order chi connectivity index (χ0) is 15.1. The molecule has 1 aromatic heterocycles. The Morgan fingerprint density at radius 3 is 3.32 bits per heavy atom. The average Bonchev–Trinajstić information content (AvgIpc) is 3.01. The third-order valence-corrected chi connectivity index (χ3v) is 5.61. The van der Waals surface area contributed by atoms with Gasteiger partial charge in [0, 0.05) is 30.2 Å². The lowest BCUT2D eigenvalue weighted by atomic mass is 10.0. The lowest BCUT2D eigenvalue weighted by Crippen LogP contribution is -2.54. The Kier molecular flexibility index (Phi) is 3.54. The van der Waals surface area contributed by atoms with Crippen LogP contribution in [0.1, 0.15) is 16.8 Å². The summed E-state index contributed by atoms with van der Waals surface area (Å²) >= 11 is 1.86. The molecule has 0 unspecified atom stereocenters. The van der Waals surface area contributed by atoms with Crippen LogP contribution in [0.5, 0.6) is 0 Å². The molecule has 0 radical (unpaired) electrons. The highest BCUT2D eigenvalue weighted by Gasteiger charge is 2.37. The lowest BCUT2D eigenvalue weighted by molar-refractivity contribution is 0.0320. The number of hydrogen-bond acceptors (Lipinski definition) is 4. The number of thioether (sulfide) groups is 1. The van der Waals surface area contributed by atoms with Crippen LogP contribution in [0.25, 0.3) is 11.0 Å².